The lowest BCUT2D eigenvalue weighted by Gasteiger charge is -2.16. The van der Waals surface area contributed by atoms with Gasteiger partial charge in [0.15, 0.2) is 0 Å². The summed E-state index contributed by atoms with van der Waals surface area (Å²) in [6.07, 6.45) is 2.91. The predicted octanol–water partition coefficient (Wildman–Crippen LogP) is 4.09. The van der Waals surface area contributed by atoms with Crippen molar-refractivity contribution in [2.24, 2.45) is 0 Å². The molecule has 3 N–H and O–H groups in total. The van der Waals surface area contributed by atoms with Crippen LogP contribution in [0, 0.1) is 0 Å². The summed E-state index contributed by atoms with van der Waals surface area (Å²) in [6.45, 7) is 0.121. The molecule has 2 aromatic carbocycles. The summed E-state index contributed by atoms with van der Waals surface area (Å²) in [6, 6.07) is 11.0. The smallest absolute Gasteiger partial charge is 0.336 e. The van der Waals surface area contributed by atoms with Crippen molar-refractivity contribution in [3.63, 3.8) is 0 Å². The number of nitrogens with zero attached hydrogens (tertiary/aromatic N) is 1. The molecule has 0 aliphatic heterocycles. The van der Waals surface area contributed by atoms with E-state index in [9.17, 15) is 24.6 Å². The maximum atomic E-state index is 12.5. The first-order chi connectivity index (χ1) is 15.8. The molecule has 0 unspecified atom stereocenters. The van der Waals surface area contributed by atoms with E-state index in [2.05, 4.69) is 10.3 Å². The molecule has 8 nitrogen and oxygen atoms in total. The van der Waals surface area contributed by atoms with Crippen molar-refractivity contribution in [3.8, 4) is 5.75 Å². The Hall–Kier alpha value is -3.62. The number of hydrogen-bond acceptors (Lipinski definition) is 5. The maximum absolute atomic E-state index is 12.5. The highest BCUT2D eigenvalue weighted by Crippen LogP contribution is 2.25. The molecular weight excluding hydrogens is 471 g/mol. The standard InChI is InChI=1S/C23H18Cl2N2O6/c24-18-10-26-11-19(25)17(18)12-33-14-7-5-13(6-8-14)9-20(23(31)32)27-21(28)15-3-1-2-4-16(15)22(29)30/h1-8,10-11,20H,9,12H2,(H,27,28)(H,29,30)(H,31,32)/t20-/m0/s1. The summed E-state index contributed by atoms with van der Waals surface area (Å²) >= 11 is 12.1. The lowest BCUT2D eigenvalue weighted by molar-refractivity contribution is -0.139. The average molecular weight is 489 g/mol. The number of benzene rings is 2. The van der Waals surface area contributed by atoms with Crippen LogP contribution in [0.25, 0.3) is 0 Å². The Bertz CT molecular complexity index is 1160. The molecule has 1 aromatic heterocycles. The van der Waals surface area contributed by atoms with Crippen molar-refractivity contribution < 1.29 is 29.3 Å². The number of aromatic nitrogens is 1. The number of nitrogens with one attached hydrogen (secondary N) is 1. The molecule has 3 rings (SSSR count). The molecule has 33 heavy (non-hydrogen) atoms. The maximum Gasteiger partial charge on any atom is 0.336 e. The van der Waals surface area contributed by atoms with Crippen molar-refractivity contribution in [2.45, 2.75) is 19.1 Å². The fourth-order valence-electron chi connectivity index (χ4n) is 2.99. The van der Waals surface area contributed by atoms with E-state index >= 15 is 0 Å². The Morgan fingerprint density at radius 1 is 0.939 bits per heavy atom. The number of halogens is 2. The molecule has 0 aliphatic carbocycles. The largest absolute Gasteiger partial charge is 0.489 e. The molecule has 170 valence electrons. The van der Waals surface area contributed by atoms with Crippen LogP contribution >= 0.6 is 23.2 Å². The molecule has 3 aromatic rings. The molecule has 10 heteroatoms. The van der Waals surface area contributed by atoms with Crippen LogP contribution in [0.2, 0.25) is 10.0 Å². The number of carbonyl (C=O) groups is 3. The van der Waals surface area contributed by atoms with Crippen molar-refractivity contribution in [3.05, 3.63) is 93.2 Å². The van der Waals surface area contributed by atoms with Gasteiger partial charge in [0.1, 0.15) is 18.4 Å². The summed E-state index contributed by atoms with van der Waals surface area (Å²) in [4.78, 5) is 39.4. The minimum absolute atomic E-state index is 0.0153. The number of pyridine rings is 1. The van der Waals surface area contributed by atoms with Gasteiger partial charge in [-0.05, 0) is 29.8 Å². The number of carboxylic acid groups (broad SMARTS) is 2. The number of aromatic carboxylic acids is 1. The molecule has 0 spiro atoms. The Morgan fingerprint density at radius 3 is 2.12 bits per heavy atom. The van der Waals surface area contributed by atoms with Gasteiger partial charge in [-0.15, -0.1) is 0 Å². The second kappa shape index (κ2) is 10.8. The third-order valence-electron chi connectivity index (χ3n) is 4.70. The lowest BCUT2D eigenvalue weighted by Crippen LogP contribution is -2.42. The van der Waals surface area contributed by atoms with Crippen molar-refractivity contribution in [1.29, 1.82) is 0 Å². The first-order valence-electron chi connectivity index (χ1n) is 9.62. The van der Waals surface area contributed by atoms with Gasteiger partial charge in [0, 0.05) is 24.4 Å². The van der Waals surface area contributed by atoms with Crippen LogP contribution < -0.4 is 10.1 Å². The number of amides is 1. The Balaban J connectivity index is 1.66. The van der Waals surface area contributed by atoms with E-state index in [0.717, 1.165) is 0 Å². The fraction of sp³-hybridized carbons (Fsp3) is 0.130. The zero-order valence-corrected chi connectivity index (χ0v) is 18.5. The van der Waals surface area contributed by atoms with Crippen LogP contribution in [0.3, 0.4) is 0 Å². The number of ether oxygens (including phenoxy) is 1. The molecule has 0 radical (unpaired) electrons. The van der Waals surface area contributed by atoms with Crippen LogP contribution in [-0.2, 0) is 17.8 Å². The lowest BCUT2D eigenvalue weighted by atomic mass is 10.0. The number of rotatable bonds is 9. The van der Waals surface area contributed by atoms with E-state index in [0.29, 0.717) is 26.9 Å². The van der Waals surface area contributed by atoms with Crippen LogP contribution in [-0.4, -0.2) is 39.1 Å². The second-order valence-corrected chi connectivity index (χ2v) is 7.75. The van der Waals surface area contributed by atoms with Crippen LogP contribution in [0.5, 0.6) is 5.75 Å². The molecule has 0 fully saturated rings. The fourth-order valence-corrected chi connectivity index (χ4v) is 3.47. The van der Waals surface area contributed by atoms with Gasteiger partial charge in [0.2, 0.25) is 0 Å². The molecule has 0 aliphatic rings. The van der Waals surface area contributed by atoms with Gasteiger partial charge < -0.3 is 20.3 Å². The average Bonchev–Trinajstić information content (AvgIpc) is 2.79. The van der Waals surface area contributed by atoms with Gasteiger partial charge >= 0.3 is 11.9 Å². The van der Waals surface area contributed by atoms with Crippen molar-refractivity contribution in [2.75, 3.05) is 0 Å². The monoisotopic (exact) mass is 488 g/mol. The number of aliphatic carboxylic acids is 1. The molecule has 1 atom stereocenters. The van der Waals surface area contributed by atoms with Crippen LogP contribution in [0.15, 0.2) is 60.9 Å². The number of hydrogen-bond donors (Lipinski definition) is 3. The van der Waals surface area contributed by atoms with Gasteiger partial charge in [-0.1, -0.05) is 47.5 Å². The van der Waals surface area contributed by atoms with E-state index in [4.69, 9.17) is 27.9 Å². The van der Waals surface area contributed by atoms with Crippen LogP contribution in [0.4, 0.5) is 0 Å². The van der Waals surface area contributed by atoms with Gasteiger partial charge in [0.05, 0.1) is 21.2 Å². The Kier molecular flexibility index (Phi) is 7.87. The zero-order chi connectivity index (χ0) is 24.0. The second-order valence-electron chi connectivity index (χ2n) is 6.93. The van der Waals surface area contributed by atoms with Crippen molar-refractivity contribution in [1.82, 2.24) is 10.3 Å². The van der Waals surface area contributed by atoms with E-state index in [1.165, 1.54) is 36.7 Å². The molecule has 0 saturated heterocycles. The van der Waals surface area contributed by atoms with E-state index in [1.54, 1.807) is 24.3 Å². The molecule has 1 heterocycles. The first-order valence-corrected chi connectivity index (χ1v) is 10.4. The SMILES string of the molecule is O=C(O)c1ccccc1C(=O)N[C@@H](Cc1ccc(OCc2c(Cl)cncc2Cl)cc1)C(=O)O. The highest BCUT2D eigenvalue weighted by atomic mass is 35.5. The summed E-state index contributed by atoms with van der Waals surface area (Å²) in [5, 5.41) is 21.9. The minimum Gasteiger partial charge on any atom is -0.489 e. The van der Waals surface area contributed by atoms with E-state index < -0.39 is 23.9 Å². The highest BCUT2D eigenvalue weighted by molar-refractivity contribution is 6.35. The van der Waals surface area contributed by atoms with E-state index in [1.807, 2.05) is 0 Å². The zero-order valence-electron chi connectivity index (χ0n) is 17.0. The Labute approximate surface area is 198 Å². The molecule has 0 bridgehead atoms. The summed E-state index contributed by atoms with van der Waals surface area (Å²) in [5.74, 6) is -2.81. The van der Waals surface area contributed by atoms with Gasteiger partial charge in [0.25, 0.3) is 5.91 Å². The topological polar surface area (TPSA) is 126 Å². The van der Waals surface area contributed by atoms with Crippen molar-refractivity contribution >= 4 is 41.0 Å². The minimum atomic E-state index is -1.28. The predicted molar refractivity (Wildman–Crippen MR) is 121 cm³/mol. The van der Waals surface area contributed by atoms with Gasteiger partial charge in [-0.25, -0.2) is 9.59 Å². The van der Waals surface area contributed by atoms with Gasteiger partial charge in [-0.2, -0.15) is 0 Å². The number of carboxylic acids is 2. The summed E-state index contributed by atoms with van der Waals surface area (Å²) in [5.41, 5.74) is 0.887. The summed E-state index contributed by atoms with van der Waals surface area (Å²) in [7, 11) is 0. The molecule has 1 amide bonds. The molecular formula is C23H18Cl2N2O6. The van der Waals surface area contributed by atoms with E-state index in [-0.39, 0.29) is 24.2 Å². The third kappa shape index (κ3) is 6.21. The Morgan fingerprint density at radius 2 is 1.55 bits per heavy atom. The number of carbonyl (C=O) groups excluding carboxylic acids is 1. The quantitative estimate of drug-likeness (QED) is 0.413. The highest BCUT2D eigenvalue weighted by Gasteiger charge is 2.23. The van der Waals surface area contributed by atoms with Crippen LogP contribution in [0.1, 0.15) is 31.8 Å². The van der Waals surface area contributed by atoms with Gasteiger partial charge in [-0.3, -0.25) is 9.78 Å². The molecule has 0 saturated carbocycles. The normalized spacial score (nSPS) is 11.5. The third-order valence-corrected chi connectivity index (χ3v) is 5.36. The summed E-state index contributed by atoms with van der Waals surface area (Å²) < 4.78 is 5.68. The first kappa shape index (κ1) is 24.0.